The molecule has 5 heteroatoms. The van der Waals surface area contributed by atoms with Gasteiger partial charge in [0.15, 0.2) is 0 Å². The lowest BCUT2D eigenvalue weighted by molar-refractivity contribution is 1.07. The molecule has 0 aliphatic rings. The van der Waals surface area contributed by atoms with Crippen LogP contribution >= 0.6 is 15.9 Å². The van der Waals surface area contributed by atoms with Gasteiger partial charge in [0, 0.05) is 39.1 Å². The van der Waals surface area contributed by atoms with E-state index in [0.717, 1.165) is 11.4 Å². The highest BCUT2D eigenvalue weighted by molar-refractivity contribution is 9.12. The number of nitrogens with one attached hydrogen (secondary N) is 2. The summed E-state index contributed by atoms with van der Waals surface area (Å²) in [4.78, 5) is 6.11. The highest BCUT2D eigenvalue weighted by Crippen LogP contribution is 2.16. The van der Waals surface area contributed by atoms with Crippen molar-refractivity contribution < 1.29 is 0 Å². The second-order valence-electron chi connectivity index (χ2n) is 3.45. The number of hydrogen-bond donors (Lipinski definition) is 2. The van der Waals surface area contributed by atoms with Crippen molar-refractivity contribution in [2.75, 3.05) is 26.0 Å². The number of allylic oxidation sites excluding steroid dienone is 1. The van der Waals surface area contributed by atoms with E-state index in [1.165, 1.54) is 0 Å². The molecule has 1 aromatic rings. The van der Waals surface area contributed by atoms with Crippen molar-refractivity contribution in [1.82, 2.24) is 10.3 Å². The first kappa shape index (κ1) is 12.7. The van der Waals surface area contributed by atoms with Crippen LogP contribution in [0.2, 0.25) is 0 Å². The Morgan fingerprint density at radius 1 is 1.56 bits per heavy atom. The first-order valence-corrected chi connectivity index (χ1v) is 5.61. The predicted molar refractivity (Wildman–Crippen MR) is 71.5 cm³/mol. The van der Waals surface area contributed by atoms with Gasteiger partial charge in [-0.05, 0) is 28.1 Å². The van der Waals surface area contributed by atoms with Crippen LogP contribution in [-0.4, -0.2) is 31.8 Å². The maximum atomic E-state index is 7.98. The summed E-state index contributed by atoms with van der Waals surface area (Å²) in [5.74, 6) is 0.840. The molecule has 0 spiro atoms. The van der Waals surface area contributed by atoms with E-state index in [4.69, 9.17) is 5.41 Å². The Bertz CT molecular complexity index is 412. The normalized spacial score (nSPS) is 11.1. The predicted octanol–water partition coefficient (Wildman–Crippen LogP) is 1.97. The third-order valence-corrected chi connectivity index (χ3v) is 2.63. The van der Waals surface area contributed by atoms with E-state index in [9.17, 15) is 0 Å². The average Bonchev–Trinajstić information content (AvgIpc) is 2.28. The summed E-state index contributed by atoms with van der Waals surface area (Å²) in [6, 6.07) is 3.70. The standard InChI is InChI=1S/C11H15BrN4/c1-14-7-9(12)11(13)8-4-5-15-10(6-8)16(2)3/h4-7,13-14H,1-3H3/b9-7+,13-11?. The van der Waals surface area contributed by atoms with Gasteiger partial charge in [0.25, 0.3) is 0 Å². The van der Waals surface area contributed by atoms with Crippen LogP contribution in [0.4, 0.5) is 5.82 Å². The molecule has 0 radical (unpaired) electrons. The summed E-state index contributed by atoms with van der Waals surface area (Å²) >= 11 is 3.34. The highest BCUT2D eigenvalue weighted by atomic mass is 79.9. The molecule has 0 unspecified atom stereocenters. The third kappa shape index (κ3) is 3.06. The molecule has 0 aliphatic carbocycles. The number of halogens is 1. The molecule has 16 heavy (non-hydrogen) atoms. The maximum absolute atomic E-state index is 7.98. The minimum atomic E-state index is 0.430. The monoisotopic (exact) mass is 282 g/mol. The second kappa shape index (κ2) is 5.65. The average molecular weight is 283 g/mol. The van der Waals surface area contributed by atoms with Crippen molar-refractivity contribution in [2.45, 2.75) is 0 Å². The van der Waals surface area contributed by atoms with Crippen LogP contribution in [-0.2, 0) is 0 Å². The van der Waals surface area contributed by atoms with Gasteiger partial charge in [0.1, 0.15) is 5.82 Å². The minimum Gasteiger partial charge on any atom is -0.393 e. The Balaban J connectivity index is 3.01. The molecular formula is C11H15BrN4. The van der Waals surface area contributed by atoms with Gasteiger partial charge in [-0.15, -0.1) is 0 Å². The summed E-state index contributed by atoms with van der Waals surface area (Å²) < 4.78 is 0.714. The Labute approximate surface area is 104 Å². The molecule has 1 aromatic heterocycles. The van der Waals surface area contributed by atoms with Crippen molar-refractivity contribution >= 4 is 27.5 Å². The van der Waals surface area contributed by atoms with Gasteiger partial charge in [-0.1, -0.05) is 0 Å². The number of rotatable bonds is 4. The molecule has 86 valence electrons. The van der Waals surface area contributed by atoms with E-state index in [1.54, 1.807) is 19.4 Å². The van der Waals surface area contributed by atoms with E-state index >= 15 is 0 Å². The molecule has 0 aliphatic heterocycles. The topological polar surface area (TPSA) is 52.0 Å². The number of aromatic nitrogens is 1. The van der Waals surface area contributed by atoms with Gasteiger partial charge in [0.2, 0.25) is 0 Å². The zero-order valence-electron chi connectivity index (χ0n) is 9.58. The molecule has 1 rings (SSSR count). The van der Waals surface area contributed by atoms with Crippen LogP contribution in [0.15, 0.2) is 29.0 Å². The second-order valence-corrected chi connectivity index (χ2v) is 4.31. The molecule has 0 amide bonds. The van der Waals surface area contributed by atoms with Crippen molar-refractivity contribution in [2.24, 2.45) is 0 Å². The Kier molecular flexibility index (Phi) is 4.49. The van der Waals surface area contributed by atoms with E-state index < -0.39 is 0 Å². The Morgan fingerprint density at radius 3 is 2.81 bits per heavy atom. The first-order chi connectivity index (χ1) is 7.56. The molecule has 4 nitrogen and oxygen atoms in total. The van der Waals surface area contributed by atoms with Crippen LogP contribution < -0.4 is 10.2 Å². The molecule has 0 aromatic carbocycles. The molecule has 2 N–H and O–H groups in total. The number of anilines is 1. The fraction of sp³-hybridized carbons (Fsp3) is 0.273. The van der Waals surface area contributed by atoms with Crippen molar-refractivity contribution in [3.63, 3.8) is 0 Å². The van der Waals surface area contributed by atoms with Crippen LogP contribution in [0.1, 0.15) is 5.56 Å². The lowest BCUT2D eigenvalue weighted by Crippen LogP contribution is -2.12. The molecule has 1 heterocycles. The maximum Gasteiger partial charge on any atom is 0.128 e. The lowest BCUT2D eigenvalue weighted by Gasteiger charge is -2.12. The first-order valence-electron chi connectivity index (χ1n) is 4.82. The molecule has 0 bridgehead atoms. The quantitative estimate of drug-likeness (QED) is 0.831. The smallest absolute Gasteiger partial charge is 0.128 e. The Hall–Kier alpha value is -1.36. The zero-order valence-corrected chi connectivity index (χ0v) is 11.2. The zero-order chi connectivity index (χ0) is 12.1. The number of hydrogen-bond acceptors (Lipinski definition) is 4. The molecule has 0 fully saturated rings. The van der Waals surface area contributed by atoms with E-state index in [2.05, 4.69) is 26.2 Å². The number of pyridine rings is 1. The number of nitrogens with zero attached hydrogens (tertiary/aromatic N) is 2. The van der Waals surface area contributed by atoms with Gasteiger partial charge in [0.05, 0.1) is 10.2 Å². The summed E-state index contributed by atoms with van der Waals surface area (Å²) in [5.41, 5.74) is 1.26. The van der Waals surface area contributed by atoms with Gasteiger partial charge < -0.3 is 10.2 Å². The van der Waals surface area contributed by atoms with E-state index in [1.807, 2.05) is 31.1 Å². The van der Waals surface area contributed by atoms with Crippen LogP contribution in [0.25, 0.3) is 0 Å². The Morgan fingerprint density at radius 2 is 2.25 bits per heavy atom. The van der Waals surface area contributed by atoms with Gasteiger partial charge in [-0.3, -0.25) is 5.41 Å². The van der Waals surface area contributed by atoms with Crippen LogP contribution in [0.5, 0.6) is 0 Å². The SMILES string of the molecule is CN/C=C(/Br)C(=N)c1ccnc(N(C)C)c1. The summed E-state index contributed by atoms with van der Waals surface area (Å²) in [6.07, 6.45) is 3.44. The molecular weight excluding hydrogens is 268 g/mol. The third-order valence-electron chi connectivity index (χ3n) is 2.00. The summed E-state index contributed by atoms with van der Waals surface area (Å²) in [5, 5.41) is 10.9. The van der Waals surface area contributed by atoms with Crippen LogP contribution in [0.3, 0.4) is 0 Å². The molecule has 0 saturated heterocycles. The fourth-order valence-corrected chi connectivity index (χ4v) is 1.61. The van der Waals surface area contributed by atoms with Crippen molar-refractivity contribution in [3.05, 3.63) is 34.6 Å². The molecule has 0 atom stereocenters. The lowest BCUT2D eigenvalue weighted by atomic mass is 10.1. The largest absolute Gasteiger partial charge is 0.393 e. The van der Waals surface area contributed by atoms with Gasteiger partial charge in [-0.2, -0.15) is 0 Å². The molecule has 0 saturated carbocycles. The van der Waals surface area contributed by atoms with Crippen LogP contribution in [0, 0.1) is 5.41 Å². The highest BCUT2D eigenvalue weighted by Gasteiger charge is 2.07. The fourth-order valence-electron chi connectivity index (χ4n) is 1.16. The van der Waals surface area contributed by atoms with E-state index in [0.29, 0.717) is 10.2 Å². The van der Waals surface area contributed by atoms with E-state index in [-0.39, 0.29) is 0 Å². The summed E-state index contributed by atoms with van der Waals surface area (Å²) in [7, 11) is 5.65. The summed E-state index contributed by atoms with van der Waals surface area (Å²) in [6.45, 7) is 0. The van der Waals surface area contributed by atoms with Gasteiger partial charge >= 0.3 is 0 Å². The minimum absolute atomic E-state index is 0.430. The van der Waals surface area contributed by atoms with Crippen molar-refractivity contribution in [3.8, 4) is 0 Å². The van der Waals surface area contributed by atoms with Crippen molar-refractivity contribution in [1.29, 1.82) is 5.41 Å². The van der Waals surface area contributed by atoms with Gasteiger partial charge in [-0.25, -0.2) is 4.98 Å².